The average Bonchev–Trinajstić information content (AvgIpc) is 2.54. The molecule has 0 aromatic heterocycles. The van der Waals surface area contributed by atoms with E-state index in [9.17, 15) is 9.59 Å². The van der Waals surface area contributed by atoms with Gasteiger partial charge in [0.1, 0.15) is 0 Å². The summed E-state index contributed by atoms with van der Waals surface area (Å²) in [6.45, 7) is 1.86. The fourth-order valence-corrected chi connectivity index (χ4v) is 2.24. The fourth-order valence-electron chi connectivity index (χ4n) is 1.98. The smallest absolute Gasteiger partial charge is 0.251 e. The topological polar surface area (TPSA) is 58.2 Å². The van der Waals surface area contributed by atoms with Crippen molar-refractivity contribution in [2.75, 3.05) is 6.54 Å². The molecule has 0 bridgehead atoms. The molecule has 1 atom stereocenters. The molecule has 0 heterocycles. The highest BCUT2D eigenvalue weighted by Gasteiger charge is 2.11. The Kier molecular flexibility index (Phi) is 5.72. The van der Waals surface area contributed by atoms with Gasteiger partial charge in [-0.15, -0.1) is 0 Å². The van der Waals surface area contributed by atoms with Gasteiger partial charge in [0, 0.05) is 10.0 Å². The highest BCUT2D eigenvalue weighted by atomic mass is 79.9. The van der Waals surface area contributed by atoms with Crippen molar-refractivity contribution < 1.29 is 9.59 Å². The van der Waals surface area contributed by atoms with E-state index in [1.165, 1.54) is 0 Å². The predicted octanol–water partition coefficient (Wildman–Crippen LogP) is 3.06. The normalized spacial score (nSPS) is 11.5. The molecule has 2 aromatic carbocycles. The van der Waals surface area contributed by atoms with Crippen LogP contribution in [0.2, 0.25) is 0 Å². The van der Waals surface area contributed by atoms with E-state index in [4.69, 9.17) is 0 Å². The average molecular weight is 361 g/mol. The van der Waals surface area contributed by atoms with E-state index in [-0.39, 0.29) is 24.4 Å². The number of amides is 2. The summed E-state index contributed by atoms with van der Waals surface area (Å²) in [4.78, 5) is 23.7. The molecule has 22 heavy (non-hydrogen) atoms. The van der Waals surface area contributed by atoms with Gasteiger partial charge in [-0.3, -0.25) is 9.59 Å². The minimum atomic E-state index is -0.257. The molecule has 5 heteroatoms. The predicted molar refractivity (Wildman–Crippen MR) is 89.5 cm³/mol. The van der Waals surface area contributed by atoms with E-state index < -0.39 is 0 Å². The summed E-state index contributed by atoms with van der Waals surface area (Å²) in [5, 5.41) is 5.46. The third-order valence-electron chi connectivity index (χ3n) is 3.19. The molecular weight excluding hydrogens is 344 g/mol. The first-order valence-corrected chi connectivity index (χ1v) is 7.73. The molecule has 0 aliphatic rings. The Morgan fingerprint density at radius 3 is 2.32 bits per heavy atom. The number of carbonyl (C=O) groups is 2. The van der Waals surface area contributed by atoms with Gasteiger partial charge in [0.15, 0.2) is 0 Å². The molecule has 4 nitrogen and oxygen atoms in total. The highest BCUT2D eigenvalue weighted by Crippen LogP contribution is 2.16. The van der Waals surface area contributed by atoms with Crippen LogP contribution in [0, 0.1) is 0 Å². The lowest BCUT2D eigenvalue weighted by molar-refractivity contribution is -0.120. The Labute approximate surface area is 138 Å². The van der Waals surface area contributed by atoms with E-state index in [0.717, 1.165) is 10.0 Å². The highest BCUT2D eigenvalue weighted by molar-refractivity contribution is 9.10. The molecule has 114 valence electrons. The second-order valence-electron chi connectivity index (χ2n) is 4.89. The first-order chi connectivity index (χ1) is 10.6. The molecule has 0 spiro atoms. The van der Waals surface area contributed by atoms with Crippen molar-refractivity contribution in [3.8, 4) is 0 Å². The zero-order valence-electron chi connectivity index (χ0n) is 12.2. The summed E-state index contributed by atoms with van der Waals surface area (Å²) in [5.41, 5.74) is 1.54. The maximum atomic E-state index is 11.9. The standard InChI is InChI=1S/C17H17BrN2O2/c1-12(13-7-9-15(18)10-8-13)20-16(21)11-19-17(22)14-5-3-2-4-6-14/h2-10,12H,11H2,1H3,(H,19,22)(H,20,21)/t12-/m1/s1. The van der Waals surface area contributed by atoms with Crippen molar-refractivity contribution in [1.29, 1.82) is 0 Å². The number of halogens is 1. The van der Waals surface area contributed by atoms with Crippen LogP contribution in [-0.4, -0.2) is 18.4 Å². The third-order valence-corrected chi connectivity index (χ3v) is 3.72. The number of rotatable bonds is 5. The van der Waals surface area contributed by atoms with Crippen molar-refractivity contribution in [3.05, 3.63) is 70.2 Å². The summed E-state index contributed by atoms with van der Waals surface area (Å²) < 4.78 is 0.991. The minimum Gasteiger partial charge on any atom is -0.348 e. The van der Waals surface area contributed by atoms with Crippen LogP contribution in [0.5, 0.6) is 0 Å². The van der Waals surface area contributed by atoms with Crippen molar-refractivity contribution in [3.63, 3.8) is 0 Å². The van der Waals surface area contributed by atoms with Crippen molar-refractivity contribution >= 4 is 27.7 Å². The molecule has 0 aliphatic carbocycles. The molecule has 0 radical (unpaired) electrons. The molecule has 2 rings (SSSR count). The first-order valence-electron chi connectivity index (χ1n) is 6.94. The fraction of sp³-hybridized carbons (Fsp3) is 0.176. The number of hydrogen-bond acceptors (Lipinski definition) is 2. The number of carbonyl (C=O) groups excluding carboxylic acids is 2. The van der Waals surface area contributed by atoms with Gasteiger partial charge in [-0.2, -0.15) is 0 Å². The van der Waals surface area contributed by atoms with Crippen molar-refractivity contribution in [2.24, 2.45) is 0 Å². The Morgan fingerprint density at radius 1 is 1.05 bits per heavy atom. The van der Waals surface area contributed by atoms with Crippen LogP contribution in [0.3, 0.4) is 0 Å². The van der Waals surface area contributed by atoms with E-state index in [2.05, 4.69) is 26.6 Å². The van der Waals surface area contributed by atoms with E-state index in [1.807, 2.05) is 37.3 Å². The quantitative estimate of drug-likeness (QED) is 0.860. The summed E-state index contributed by atoms with van der Waals surface area (Å²) in [5.74, 6) is -0.480. The monoisotopic (exact) mass is 360 g/mol. The van der Waals surface area contributed by atoms with Gasteiger partial charge in [0.2, 0.25) is 5.91 Å². The van der Waals surface area contributed by atoms with E-state index in [1.54, 1.807) is 24.3 Å². The lowest BCUT2D eigenvalue weighted by atomic mass is 10.1. The van der Waals surface area contributed by atoms with Gasteiger partial charge >= 0.3 is 0 Å². The molecule has 2 amide bonds. The molecule has 0 unspecified atom stereocenters. The largest absolute Gasteiger partial charge is 0.348 e. The van der Waals surface area contributed by atoms with Crippen LogP contribution >= 0.6 is 15.9 Å². The Bertz CT molecular complexity index is 641. The maximum Gasteiger partial charge on any atom is 0.251 e. The lowest BCUT2D eigenvalue weighted by Crippen LogP contribution is -2.38. The molecule has 0 fully saturated rings. The van der Waals surface area contributed by atoms with Crippen molar-refractivity contribution in [1.82, 2.24) is 10.6 Å². The van der Waals surface area contributed by atoms with Gasteiger partial charge in [0.05, 0.1) is 12.6 Å². The van der Waals surface area contributed by atoms with Gasteiger partial charge in [-0.05, 0) is 36.8 Å². The van der Waals surface area contributed by atoms with Gasteiger partial charge < -0.3 is 10.6 Å². The molecular formula is C17H17BrN2O2. The zero-order valence-corrected chi connectivity index (χ0v) is 13.8. The molecule has 0 saturated carbocycles. The van der Waals surface area contributed by atoms with Crippen LogP contribution in [0.25, 0.3) is 0 Å². The van der Waals surface area contributed by atoms with Crippen LogP contribution in [0.15, 0.2) is 59.1 Å². The number of benzene rings is 2. The third kappa shape index (κ3) is 4.70. The van der Waals surface area contributed by atoms with Crippen LogP contribution in [0.4, 0.5) is 0 Å². The molecule has 0 aliphatic heterocycles. The first kappa shape index (κ1) is 16.2. The minimum absolute atomic E-state index is 0.0470. The Balaban J connectivity index is 1.83. The number of hydrogen-bond donors (Lipinski definition) is 2. The second kappa shape index (κ2) is 7.75. The zero-order chi connectivity index (χ0) is 15.9. The number of nitrogens with one attached hydrogen (secondary N) is 2. The molecule has 2 N–H and O–H groups in total. The van der Waals surface area contributed by atoms with E-state index >= 15 is 0 Å². The SMILES string of the molecule is C[C@@H](NC(=O)CNC(=O)c1ccccc1)c1ccc(Br)cc1. The van der Waals surface area contributed by atoms with Crippen LogP contribution < -0.4 is 10.6 Å². The summed E-state index contributed by atoms with van der Waals surface area (Å²) in [6.07, 6.45) is 0. The maximum absolute atomic E-state index is 11.9. The van der Waals surface area contributed by atoms with Crippen molar-refractivity contribution in [2.45, 2.75) is 13.0 Å². The van der Waals surface area contributed by atoms with E-state index in [0.29, 0.717) is 5.56 Å². The Hall–Kier alpha value is -2.14. The van der Waals surface area contributed by atoms with Gasteiger partial charge in [0.25, 0.3) is 5.91 Å². The summed E-state index contributed by atoms with van der Waals surface area (Å²) in [6, 6.07) is 16.4. The lowest BCUT2D eigenvalue weighted by Gasteiger charge is -2.14. The Morgan fingerprint density at radius 2 is 1.68 bits per heavy atom. The van der Waals surface area contributed by atoms with Gasteiger partial charge in [-0.1, -0.05) is 46.3 Å². The van der Waals surface area contributed by atoms with Crippen LogP contribution in [0.1, 0.15) is 28.9 Å². The second-order valence-corrected chi connectivity index (χ2v) is 5.81. The van der Waals surface area contributed by atoms with Gasteiger partial charge in [-0.25, -0.2) is 0 Å². The molecule has 2 aromatic rings. The summed E-state index contributed by atoms with van der Waals surface area (Å²) in [7, 11) is 0. The van der Waals surface area contributed by atoms with Crippen LogP contribution in [-0.2, 0) is 4.79 Å². The summed E-state index contributed by atoms with van der Waals surface area (Å²) >= 11 is 3.37. The molecule has 0 saturated heterocycles.